The summed E-state index contributed by atoms with van der Waals surface area (Å²) in [5.41, 5.74) is 0.510. The Morgan fingerprint density at radius 3 is 2.52 bits per heavy atom. The van der Waals surface area contributed by atoms with E-state index in [1.807, 2.05) is 6.07 Å². The molecule has 23 heavy (non-hydrogen) atoms. The molecule has 0 aromatic heterocycles. The molecule has 1 N–H and O–H groups in total. The molecule has 0 saturated heterocycles. The highest BCUT2D eigenvalue weighted by atomic mass is 32.2. The number of amides is 1. The number of hydrogen-bond acceptors (Lipinski definition) is 4. The van der Waals surface area contributed by atoms with Crippen molar-refractivity contribution >= 4 is 23.4 Å². The Bertz CT molecular complexity index is 694. The predicted octanol–water partition coefficient (Wildman–Crippen LogP) is 3.78. The van der Waals surface area contributed by atoms with Crippen LogP contribution in [0.1, 0.15) is 0 Å². The number of anilines is 1. The zero-order valence-corrected chi connectivity index (χ0v) is 12.7. The van der Waals surface area contributed by atoms with Gasteiger partial charge in [0, 0.05) is 10.6 Å². The summed E-state index contributed by atoms with van der Waals surface area (Å²) in [5.74, 6) is -1.70. The first-order valence-corrected chi connectivity index (χ1v) is 7.74. The zero-order chi connectivity index (χ0) is 16.2. The summed E-state index contributed by atoms with van der Waals surface area (Å²) in [7, 11) is 0. The number of rotatable bonds is 4. The highest BCUT2D eigenvalue weighted by molar-refractivity contribution is 7.99. The van der Waals surface area contributed by atoms with Gasteiger partial charge in [-0.05, 0) is 36.4 Å². The zero-order valence-electron chi connectivity index (χ0n) is 11.9. The van der Waals surface area contributed by atoms with Crippen LogP contribution in [0.15, 0.2) is 53.4 Å². The Hall–Kier alpha value is -2.28. The van der Waals surface area contributed by atoms with Gasteiger partial charge in [-0.1, -0.05) is 23.9 Å². The van der Waals surface area contributed by atoms with Crippen LogP contribution in [0, 0.1) is 0 Å². The maximum absolute atomic E-state index is 12.3. The Morgan fingerprint density at radius 1 is 1.13 bits per heavy atom. The van der Waals surface area contributed by atoms with E-state index in [1.54, 1.807) is 30.3 Å². The number of hydrogen-bond donors (Lipinski definition) is 1. The number of alkyl halides is 2. The Labute approximate surface area is 135 Å². The molecular weight excluding hydrogens is 324 g/mol. The third-order valence-corrected chi connectivity index (χ3v) is 3.87. The fourth-order valence-electron chi connectivity index (χ4n) is 2.09. The summed E-state index contributed by atoms with van der Waals surface area (Å²) < 4.78 is 35.6. The van der Waals surface area contributed by atoms with Gasteiger partial charge in [0.25, 0.3) is 11.7 Å². The first-order chi connectivity index (χ1) is 11.1. The van der Waals surface area contributed by atoms with E-state index in [0.717, 1.165) is 0 Å². The van der Waals surface area contributed by atoms with E-state index in [-0.39, 0.29) is 12.5 Å². The van der Waals surface area contributed by atoms with Crippen LogP contribution in [0.5, 0.6) is 11.5 Å². The lowest BCUT2D eigenvalue weighted by Crippen LogP contribution is -2.40. The summed E-state index contributed by atoms with van der Waals surface area (Å²) >= 11 is 0.456. The molecule has 1 aliphatic heterocycles. The summed E-state index contributed by atoms with van der Waals surface area (Å²) in [5, 5.41) is 2.68. The monoisotopic (exact) mass is 337 g/mol. The number of fused-ring (bicyclic) bond motifs is 1. The minimum Gasteiger partial charge on any atom is -0.485 e. The van der Waals surface area contributed by atoms with E-state index in [1.165, 1.54) is 12.1 Å². The van der Waals surface area contributed by atoms with Crippen molar-refractivity contribution in [3.8, 4) is 11.5 Å². The first kappa shape index (κ1) is 15.6. The van der Waals surface area contributed by atoms with Gasteiger partial charge in [0.1, 0.15) is 6.61 Å². The van der Waals surface area contributed by atoms with Crippen LogP contribution < -0.4 is 14.8 Å². The summed E-state index contributed by atoms with van der Waals surface area (Å²) in [4.78, 5) is 12.6. The summed E-state index contributed by atoms with van der Waals surface area (Å²) in [6, 6.07) is 13.3. The lowest BCUT2D eigenvalue weighted by molar-refractivity contribution is -0.125. The Balaban J connectivity index is 1.61. The first-order valence-electron chi connectivity index (χ1n) is 6.86. The van der Waals surface area contributed by atoms with Crippen molar-refractivity contribution in [1.29, 1.82) is 0 Å². The van der Waals surface area contributed by atoms with E-state index in [4.69, 9.17) is 9.47 Å². The Kier molecular flexibility index (Phi) is 4.66. The SMILES string of the molecule is O=C(Nc1ccc(SC(F)F)cc1)[C@H]1COc2ccccc2O1. The van der Waals surface area contributed by atoms with Crippen LogP contribution >= 0.6 is 11.8 Å². The van der Waals surface area contributed by atoms with Crippen LogP contribution in [0.4, 0.5) is 14.5 Å². The molecule has 0 saturated carbocycles. The lowest BCUT2D eigenvalue weighted by Gasteiger charge is -2.25. The van der Waals surface area contributed by atoms with E-state index in [2.05, 4.69) is 5.32 Å². The molecule has 120 valence electrons. The molecular formula is C16H13F2NO3S. The number of halogens is 2. The van der Waals surface area contributed by atoms with Gasteiger partial charge in [0.15, 0.2) is 11.5 Å². The third-order valence-electron chi connectivity index (χ3n) is 3.15. The minimum absolute atomic E-state index is 0.113. The molecule has 1 aliphatic rings. The van der Waals surface area contributed by atoms with Gasteiger partial charge in [-0.3, -0.25) is 4.79 Å². The number of para-hydroxylation sites is 2. The largest absolute Gasteiger partial charge is 0.485 e. The lowest BCUT2D eigenvalue weighted by atomic mass is 10.2. The van der Waals surface area contributed by atoms with Crippen LogP contribution in [-0.4, -0.2) is 24.4 Å². The third kappa shape index (κ3) is 3.92. The molecule has 1 atom stereocenters. The fraction of sp³-hybridized carbons (Fsp3) is 0.188. The highest BCUT2D eigenvalue weighted by Gasteiger charge is 2.27. The number of thioether (sulfide) groups is 1. The normalized spacial score (nSPS) is 16.2. The molecule has 0 spiro atoms. The summed E-state index contributed by atoms with van der Waals surface area (Å²) in [6.45, 7) is 0.113. The van der Waals surface area contributed by atoms with Gasteiger partial charge >= 0.3 is 0 Å². The molecule has 2 aromatic rings. The van der Waals surface area contributed by atoms with Gasteiger partial charge < -0.3 is 14.8 Å². The Morgan fingerprint density at radius 2 is 1.83 bits per heavy atom. The van der Waals surface area contributed by atoms with Crippen molar-refractivity contribution < 1.29 is 23.0 Å². The summed E-state index contributed by atoms with van der Waals surface area (Å²) in [6.07, 6.45) is -0.764. The van der Waals surface area contributed by atoms with E-state index < -0.39 is 11.9 Å². The van der Waals surface area contributed by atoms with Crippen molar-refractivity contribution in [2.75, 3.05) is 11.9 Å². The quantitative estimate of drug-likeness (QED) is 0.863. The second kappa shape index (κ2) is 6.87. The number of ether oxygens (including phenoxy) is 2. The van der Waals surface area contributed by atoms with Crippen molar-refractivity contribution in [3.63, 3.8) is 0 Å². The van der Waals surface area contributed by atoms with Crippen molar-refractivity contribution in [2.45, 2.75) is 16.8 Å². The van der Waals surface area contributed by atoms with Crippen molar-refractivity contribution in [1.82, 2.24) is 0 Å². The topological polar surface area (TPSA) is 47.6 Å². The number of carbonyl (C=O) groups excluding carboxylic acids is 1. The van der Waals surface area contributed by atoms with Crippen LogP contribution in [-0.2, 0) is 4.79 Å². The number of nitrogens with one attached hydrogen (secondary N) is 1. The molecule has 0 bridgehead atoms. The smallest absolute Gasteiger partial charge is 0.288 e. The second-order valence-electron chi connectivity index (χ2n) is 4.76. The second-order valence-corrected chi connectivity index (χ2v) is 5.82. The molecule has 0 unspecified atom stereocenters. The standard InChI is InChI=1S/C16H13F2NO3S/c17-16(18)23-11-7-5-10(6-8-11)19-15(20)14-9-21-12-3-1-2-4-13(12)22-14/h1-8,14,16H,9H2,(H,19,20)/t14-/m1/s1. The molecule has 1 amide bonds. The minimum atomic E-state index is -2.47. The highest BCUT2D eigenvalue weighted by Crippen LogP contribution is 2.31. The van der Waals surface area contributed by atoms with Crippen LogP contribution in [0.25, 0.3) is 0 Å². The van der Waals surface area contributed by atoms with Crippen LogP contribution in [0.3, 0.4) is 0 Å². The molecule has 4 nitrogen and oxygen atoms in total. The van der Waals surface area contributed by atoms with Crippen molar-refractivity contribution in [2.24, 2.45) is 0 Å². The van der Waals surface area contributed by atoms with E-state index in [0.29, 0.717) is 33.8 Å². The predicted molar refractivity (Wildman–Crippen MR) is 83.3 cm³/mol. The average molecular weight is 337 g/mol. The van der Waals surface area contributed by atoms with E-state index >= 15 is 0 Å². The fourth-order valence-corrected chi connectivity index (χ4v) is 2.59. The average Bonchev–Trinajstić information content (AvgIpc) is 2.55. The van der Waals surface area contributed by atoms with Crippen molar-refractivity contribution in [3.05, 3.63) is 48.5 Å². The molecule has 0 radical (unpaired) electrons. The van der Waals surface area contributed by atoms with Gasteiger partial charge in [-0.2, -0.15) is 8.78 Å². The van der Waals surface area contributed by atoms with Gasteiger partial charge in [0.05, 0.1) is 0 Å². The molecule has 7 heteroatoms. The van der Waals surface area contributed by atoms with E-state index in [9.17, 15) is 13.6 Å². The number of benzene rings is 2. The van der Waals surface area contributed by atoms with Gasteiger partial charge in [-0.15, -0.1) is 0 Å². The molecule has 1 heterocycles. The van der Waals surface area contributed by atoms with Gasteiger partial charge in [0.2, 0.25) is 6.10 Å². The maximum Gasteiger partial charge on any atom is 0.288 e. The molecule has 0 aliphatic carbocycles. The van der Waals surface area contributed by atoms with Crippen LogP contribution in [0.2, 0.25) is 0 Å². The van der Waals surface area contributed by atoms with Gasteiger partial charge in [-0.25, -0.2) is 0 Å². The molecule has 0 fully saturated rings. The maximum atomic E-state index is 12.3. The molecule has 2 aromatic carbocycles. The molecule has 3 rings (SSSR count). The number of carbonyl (C=O) groups is 1.